The Morgan fingerprint density at radius 1 is 1.64 bits per heavy atom. The number of nitrogens with zero attached hydrogens (tertiary/aromatic N) is 1. The summed E-state index contributed by atoms with van der Waals surface area (Å²) < 4.78 is 0. The molecule has 11 heavy (non-hydrogen) atoms. The van der Waals surface area contributed by atoms with E-state index >= 15 is 0 Å². The summed E-state index contributed by atoms with van der Waals surface area (Å²) in [4.78, 5) is 15.0. The molecule has 0 aromatic heterocycles. The first-order chi connectivity index (χ1) is 5.11. The van der Waals surface area contributed by atoms with Gasteiger partial charge in [0.2, 0.25) is 0 Å². The van der Waals surface area contributed by atoms with Gasteiger partial charge in [-0.2, -0.15) is 0 Å². The third kappa shape index (κ3) is 1.77. The molecule has 0 aromatic rings. The third-order valence-electron chi connectivity index (χ3n) is 1.69. The number of carbonyl (C=O) groups excluding carboxylic acids is 1. The molecular formula is C7H12N2O2. The van der Waals surface area contributed by atoms with Crippen molar-refractivity contribution < 1.29 is 9.63 Å². The lowest BCUT2D eigenvalue weighted by Crippen LogP contribution is -2.34. The van der Waals surface area contributed by atoms with E-state index < -0.39 is 0 Å². The van der Waals surface area contributed by atoms with Crippen LogP contribution in [0.4, 0.5) is 0 Å². The Labute approximate surface area is 65.4 Å². The van der Waals surface area contributed by atoms with E-state index in [4.69, 9.17) is 5.73 Å². The van der Waals surface area contributed by atoms with Crippen molar-refractivity contribution in [2.24, 2.45) is 16.8 Å². The Bertz CT molecular complexity index is 199. The summed E-state index contributed by atoms with van der Waals surface area (Å²) in [6.45, 7) is 3.96. The molecule has 1 aliphatic rings. The molecular weight excluding hydrogens is 144 g/mol. The van der Waals surface area contributed by atoms with Crippen molar-refractivity contribution in [3.8, 4) is 0 Å². The molecule has 0 bridgehead atoms. The quantitative estimate of drug-likeness (QED) is 0.584. The molecule has 0 fully saturated rings. The number of rotatable bonds is 2. The van der Waals surface area contributed by atoms with Gasteiger partial charge in [0, 0.05) is 6.04 Å². The van der Waals surface area contributed by atoms with Gasteiger partial charge < -0.3 is 10.6 Å². The van der Waals surface area contributed by atoms with Gasteiger partial charge in [0.05, 0.1) is 12.1 Å². The topological polar surface area (TPSA) is 64.7 Å². The maximum atomic E-state index is 10.6. The van der Waals surface area contributed by atoms with Gasteiger partial charge in [0.25, 0.3) is 0 Å². The van der Waals surface area contributed by atoms with Crippen molar-refractivity contribution in [3.63, 3.8) is 0 Å². The summed E-state index contributed by atoms with van der Waals surface area (Å²) in [5.41, 5.74) is 6.38. The lowest BCUT2D eigenvalue weighted by Gasteiger charge is -2.12. The second-order valence-corrected chi connectivity index (χ2v) is 2.99. The van der Waals surface area contributed by atoms with Gasteiger partial charge in [0.15, 0.2) is 0 Å². The zero-order chi connectivity index (χ0) is 8.43. The maximum Gasteiger partial charge on any atom is 0.340 e. The summed E-state index contributed by atoms with van der Waals surface area (Å²) in [5, 5.41) is 3.58. The first kappa shape index (κ1) is 8.20. The minimum absolute atomic E-state index is 0.151. The Morgan fingerprint density at radius 3 is 2.64 bits per heavy atom. The molecule has 0 radical (unpaired) electrons. The van der Waals surface area contributed by atoms with E-state index in [1.54, 1.807) is 0 Å². The number of hydrogen-bond donors (Lipinski definition) is 1. The van der Waals surface area contributed by atoms with E-state index in [9.17, 15) is 4.79 Å². The number of nitrogens with two attached hydrogens (primary N) is 1. The Morgan fingerprint density at radius 2 is 2.27 bits per heavy atom. The Kier molecular flexibility index (Phi) is 2.24. The molecule has 2 N–H and O–H groups in total. The second-order valence-electron chi connectivity index (χ2n) is 2.99. The first-order valence-electron chi connectivity index (χ1n) is 3.63. The molecule has 1 atom stereocenters. The maximum absolute atomic E-state index is 10.6. The molecule has 4 heteroatoms. The Hall–Kier alpha value is -0.900. The summed E-state index contributed by atoms with van der Waals surface area (Å²) in [6, 6.07) is -0.151. The molecule has 4 nitrogen and oxygen atoms in total. The zero-order valence-corrected chi connectivity index (χ0v) is 6.70. The summed E-state index contributed by atoms with van der Waals surface area (Å²) in [5.74, 6) is -0.0145. The van der Waals surface area contributed by atoms with E-state index in [1.807, 2.05) is 13.8 Å². The fraction of sp³-hybridized carbons (Fsp3) is 0.714. The van der Waals surface area contributed by atoms with E-state index in [-0.39, 0.29) is 18.4 Å². The number of oxime groups is 1. The van der Waals surface area contributed by atoms with Crippen molar-refractivity contribution in [1.82, 2.24) is 0 Å². The van der Waals surface area contributed by atoms with Crippen LogP contribution < -0.4 is 5.73 Å². The largest absolute Gasteiger partial charge is 0.340 e. The normalized spacial score (nSPS) is 20.0. The van der Waals surface area contributed by atoms with Crippen LogP contribution in [-0.4, -0.2) is 17.7 Å². The molecule has 0 spiro atoms. The smallest absolute Gasteiger partial charge is 0.323 e. The van der Waals surface area contributed by atoms with E-state index in [0.717, 1.165) is 0 Å². The van der Waals surface area contributed by atoms with Crippen LogP contribution in [0.3, 0.4) is 0 Å². The fourth-order valence-electron chi connectivity index (χ4n) is 0.885. The molecule has 1 aliphatic heterocycles. The van der Waals surface area contributed by atoms with Crippen LogP contribution >= 0.6 is 0 Å². The third-order valence-corrected chi connectivity index (χ3v) is 1.69. The van der Waals surface area contributed by atoms with Crippen LogP contribution in [0.5, 0.6) is 0 Å². The van der Waals surface area contributed by atoms with E-state index in [0.29, 0.717) is 11.6 Å². The van der Waals surface area contributed by atoms with Crippen molar-refractivity contribution in [2.75, 3.05) is 0 Å². The monoisotopic (exact) mass is 156 g/mol. The molecule has 0 saturated heterocycles. The highest BCUT2D eigenvalue weighted by atomic mass is 16.7. The highest BCUT2D eigenvalue weighted by Gasteiger charge is 2.24. The van der Waals surface area contributed by atoms with Gasteiger partial charge in [0.1, 0.15) is 0 Å². The fourth-order valence-corrected chi connectivity index (χ4v) is 0.885. The van der Waals surface area contributed by atoms with Gasteiger partial charge in [-0.1, -0.05) is 19.0 Å². The molecule has 0 unspecified atom stereocenters. The van der Waals surface area contributed by atoms with Crippen LogP contribution in [0.2, 0.25) is 0 Å². The van der Waals surface area contributed by atoms with Crippen LogP contribution in [0.25, 0.3) is 0 Å². The molecule has 0 aromatic carbocycles. The van der Waals surface area contributed by atoms with Crippen molar-refractivity contribution in [3.05, 3.63) is 0 Å². The van der Waals surface area contributed by atoms with Crippen LogP contribution in [-0.2, 0) is 9.63 Å². The zero-order valence-electron chi connectivity index (χ0n) is 6.70. The highest BCUT2D eigenvalue weighted by molar-refractivity contribution is 6.04. The minimum Gasteiger partial charge on any atom is -0.323 e. The number of carbonyl (C=O) groups is 1. The van der Waals surface area contributed by atoms with Gasteiger partial charge in [-0.25, -0.2) is 4.79 Å². The molecule has 1 rings (SSSR count). The minimum atomic E-state index is -0.309. The molecule has 1 heterocycles. The highest BCUT2D eigenvalue weighted by Crippen LogP contribution is 2.10. The van der Waals surface area contributed by atoms with E-state index in [2.05, 4.69) is 9.99 Å². The SMILES string of the molecule is CC(C)[C@H](N)C1=NOC(=O)C1. The lowest BCUT2D eigenvalue weighted by atomic mass is 9.99. The first-order valence-corrected chi connectivity index (χ1v) is 3.63. The molecule has 0 amide bonds. The summed E-state index contributed by atoms with van der Waals surface area (Å²) >= 11 is 0. The van der Waals surface area contributed by atoms with Gasteiger partial charge in [-0.3, -0.25) is 0 Å². The lowest BCUT2D eigenvalue weighted by molar-refractivity contribution is -0.140. The van der Waals surface area contributed by atoms with Gasteiger partial charge in [-0.15, -0.1) is 0 Å². The molecule has 62 valence electrons. The average molecular weight is 156 g/mol. The van der Waals surface area contributed by atoms with Crippen LogP contribution in [0.15, 0.2) is 5.16 Å². The van der Waals surface area contributed by atoms with E-state index in [1.165, 1.54) is 0 Å². The van der Waals surface area contributed by atoms with Gasteiger partial charge >= 0.3 is 5.97 Å². The summed E-state index contributed by atoms with van der Waals surface area (Å²) in [6.07, 6.45) is 0.249. The average Bonchev–Trinajstić information content (AvgIpc) is 2.34. The van der Waals surface area contributed by atoms with Gasteiger partial charge in [-0.05, 0) is 5.92 Å². The molecule has 0 saturated carbocycles. The number of hydrogen-bond acceptors (Lipinski definition) is 4. The standard InChI is InChI=1S/C7H12N2O2/c1-4(2)7(8)5-3-6(10)11-9-5/h4,7H,3,8H2,1-2H3/t7-/m0/s1. The van der Waals surface area contributed by atoms with Crippen LogP contribution in [0, 0.1) is 5.92 Å². The summed E-state index contributed by atoms with van der Waals surface area (Å²) in [7, 11) is 0. The van der Waals surface area contributed by atoms with Crippen molar-refractivity contribution in [1.29, 1.82) is 0 Å². The van der Waals surface area contributed by atoms with Crippen LogP contribution in [0.1, 0.15) is 20.3 Å². The van der Waals surface area contributed by atoms with Crippen molar-refractivity contribution >= 4 is 11.7 Å². The predicted molar refractivity (Wildman–Crippen MR) is 41.0 cm³/mol. The Balaban J connectivity index is 2.55. The second kappa shape index (κ2) is 3.00. The predicted octanol–water partition coefficient (Wildman–Crippen LogP) is 0.273. The van der Waals surface area contributed by atoms with Crippen molar-refractivity contribution in [2.45, 2.75) is 26.3 Å². The molecule has 0 aliphatic carbocycles.